The van der Waals surface area contributed by atoms with Crippen molar-refractivity contribution in [2.45, 2.75) is 57.7 Å². The summed E-state index contributed by atoms with van der Waals surface area (Å²) < 4.78 is 0. The van der Waals surface area contributed by atoms with Gasteiger partial charge in [-0.25, -0.2) is 0 Å². The summed E-state index contributed by atoms with van der Waals surface area (Å²) in [5.74, 6) is 0. The van der Waals surface area contributed by atoms with Gasteiger partial charge in [-0.1, -0.05) is 13.8 Å². The summed E-state index contributed by atoms with van der Waals surface area (Å²) in [6.45, 7) is 6.76. The molecule has 17 heavy (non-hydrogen) atoms. The quantitative estimate of drug-likeness (QED) is 0.793. The molecule has 3 nitrogen and oxygen atoms in total. The third-order valence-corrected chi connectivity index (χ3v) is 4.95. The zero-order valence-corrected chi connectivity index (χ0v) is 11.8. The van der Waals surface area contributed by atoms with Crippen LogP contribution in [0.4, 0.5) is 0 Å². The van der Waals surface area contributed by atoms with Crippen molar-refractivity contribution in [2.24, 2.45) is 5.41 Å². The second-order valence-electron chi connectivity index (χ2n) is 6.76. The number of likely N-dealkylation sites (N-methyl/N-ethyl adjacent to an activating group) is 2. The third-order valence-electron chi connectivity index (χ3n) is 4.95. The van der Waals surface area contributed by atoms with E-state index >= 15 is 0 Å². The van der Waals surface area contributed by atoms with Crippen LogP contribution in [0.25, 0.3) is 0 Å². The average molecular weight is 240 g/mol. The Morgan fingerprint density at radius 1 is 1.29 bits per heavy atom. The van der Waals surface area contributed by atoms with Gasteiger partial charge in [0.1, 0.15) is 0 Å². The summed E-state index contributed by atoms with van der Waals surface area (Å²) in [5, 5.41) is 10.4. The molecule has 1 aliphatic heterocycles. The Balaban J connectivity index is 1.98. The molecule has 0 aromatic carbocycles. The van der Waals surface area contributed by atoms with Crippen LogP contribution in [-0.2, 0) is 0 Å². The van der Waals surface area contributed by atoms with Gasteiger partial charge in [0.05, 0.1) is 6.10 Å². The Labute approximate surface area is 106 Å². The molecule has 1 saturated carbocycles. The highest BCUT2D eigenvalue weighted by molar-refractivity contribution is 4.97. The Morgan fingerprint density at radius 3 is 2.53 bits per heavy atom. The van der Waals surface area contributed by atoms with Gasteiger partial charge < -0.3 is 10.0 Å². The van der Waals surface area contributed by atoms with Gasteiger partial charge in [0.15, 0.2) is 0 Å². The molecule has 0 aromatic rings. The maximum atomic E-state index is 10.4. The zero-order valence-electron chi connectivity index (χ0n) is 11.8. The highest BCUT2D eigenvalue weighted by atomic mass is 16.3. The SMILES string of the molecule is CN1CCCC(N(C)C2CCC(C)(C)C2O)C1. The Morgan fingerprint density at radius 2 is 2.00 bits per heavy atom. The highest BCUT2D eigenvalue weighted by Gasteiger charge is 2.44. The minimum atomic E-state index is -0.167. The number of hydrogen-bond donors (Lipinski definition) is 1. The molecule has 0 amide bonds. The van der Waals surface area contributed by atoms with Crippen LogP contribution >= 0.6 is 0 Å². The summed E-state index contributed by atoms with van der Waals surface area (Å²) in [7, 11) is 4.41. The molecule has 1 saturated heterocycles. The lowest BCUT2D eigenvalue weighted by molar-refractivity contribution is -0.00228. The lowest BCUT2D eigenvalue weighted by atomic mass is 9.88. The summed E-state index contributed by atoms with van der Waals surface area (Å²) in [4.78, 5) is 4.87. The van der Waals surface area contributed by atoms with E-state index in [0.29, 0.717) is 12.1 Å². The molecule has 3 heteroatoms. The monoisotopic (exact) mass is 240 g/mol. The number of piperidine rings is 1. The Kier molecular flexibility index (Phi) is 3.81. The molecule has 100 valence electrons. The van der Waals surface area contributed by atoms with Crippen molar-refractivity contribution in [3.05, 3.63) is 0 Å². The van der Waals surface area contributed by atoms with Gasteiger partial charge in [-0.2, -0.15) is 0 Å². The summed E-state index contributed by atoms with van der Waals surface area (Å²) in [6, 6.07) is 0.990. The standard InChI is InChI=1S/C14H28N2O/c1-14(2)8-7-12(13(14)17)16(4)11-6-5-9-15(3)10-11/h11-13,17H,5-10H2,1-4H3. The summed E-state index contributed by atoms with van der Waals surface area (Å²) in [5.41, 5.74) is 0.0967. The van der Waals surface area contributed by atoms with Gasteiger partial charge in [0, 0.05) is 18.6 Å². The first-order chi connectivity index (χ1) is 7.92. The number of rotatable bonds is 2. The highest BCUT2D eigenvalue weighted by Crippen LogP contribution is 2.40. The second-order valence-corrected chi connectivity index (χ2v) is 6.76. The van der Waals surface area contributed by atoms with Crippen LogP contribution in [0.2, 0.25) is 0 Å². The fourth-order valence-corrected chi connectivity index (χ4v) is 3.52. The molecule has 2 rings (SSSR count). The molecule has 0 spiro atoms. The van der Waals surface area contributed by atoms with E-state index < -0.39 is 0 Å². The molecule has 0 radical (unpaired) electrons. The molecule has 1 N–H and O–H groups in total. The van der Waals surface area contributed by atoms with E-state index in [9.17, 15) is 5.11 Å². The first kappa shape index (κ1) is 13.3. The van der Waals surface area contributed by atoms with Crippen molar-refractivity contribution in [2.75, 3.05) is 27.2 Å². The van der Waals surface area contributed by atoms with Gasteiger partial charge in [0.25, 0.3) is 0 Å². The molecule has 0 aromatic heterocycles. The number of likely N-dealkylation sites (tertiary alicyclic amines) is 1. The van der Waals surface area contributed by atoms with Crippen molar-refractivity contribution in [3.8, 4) is 0 Å². The van der Waals surface area contributed by atoms with E-state index in [1.807, 2.05) is 0 Å². The van der Waals surface area contributed by atoms with E-state index in [0.717, 1.165) is 19.4 Å². The predicted octanol–water partition coefficient (Wildman–Crippen LogP) is 1.56. The third kappa shape index (κ3) is 2.67. The number of aliphatic hydroxyl groups excluding tert-OH is 1. The topological polar surface area (TPSA) is 26.7 Å². The van der Waals surface area contributed by atoms with Crippen molar-refractivity contribution in [1.29, 1.82) is 0 Å². The van der Waals surface area contributed by atoms with Gasteiger partial charge in [-0.3, -0.25) is 4.90 Å². The minimum absolute atomic E-state index is 0.0967. The van der Waals surface area contributed by atoms with Crippen LogP contribution < -0.4 is 0 Å². The predicted molar refractivity (Wildman–Crippen MR) is 71.1 cm³/mol. The number of nitrogens with zero attached hydrogens (tertiary/aromatic N) is 2. The Bertz CT molecular complexity index is 267. The second kappa shape index (κ2) is 4.87. The van der Waals surface area contributed by atoms with Crippen LogP contribution in [0, 0.1) is 5.41 Å². The van der Waals surface area contributed by atoms with E-state index in [-0.39, 0.29) is 11.5 Å². The fourth-order valence-electron chi connectivity index (χ4n) is 3.52. The molecule has 3 unspecified atom stereocenters. The van der Waals surface area contributed by atoms with E-state index in [1.54, 1.807) is 0 Å². The molecular formula is C14H28N2O. The van der Waals surface area contributed by atoms with Crippen molar-refractivity contribution < 1.29 is 5.11 Å². The largest absolute Gasteiger partial charge is 0.391 e. The molecule has 2 aliphatic rings. The van der Waals surface area contributed by atoms with Crippen LogP contribution in [0.1, 0.15) is 39.5 Å². The molecule has 1 heterocycles. The average Bonchev–Trinajstić information content (AvgIpc) is 2.54. The molecule has 3 atom stereocenters. The first-order valence-corrected chi connectivity index (χ1v) is 7.00. The summed E-state index contributed by atoms with van der Waals surface area (Å²) >= 11 is 0. The van der Waals surface area contributed by atoms with Gasteiger partial charge in [-0.05, 0) is 51.7 Å². The van der Waals surface area contributed by atoms with Crippen LogP contribution in [0.15, 0.2) is 0 Å². The van der Waals surface area contributed by atoms with Crippen LogP contribution in [0.3, 0.4) is 0 Å². The molecule has 0 bridgehead atoms. The van der Waals surface area contributed by atoms with Crippen LogP contribution in [-0.4, -0.2) is 60.3 Å². The summed E-state index contributed by atoms with van der Waals surface area (Å²) in [6.07, 6.45) is 4.69. The van der Waals surface area contributed by atoms with E-state index in [1.165, 1.54) is 19.4 Å². The van der Waals surface area contributed by atoms with Crippen molar-refractivity contribution >= 4 is 0 Å². The lowest BCUT2D eigenvalue weighted by Gasteiger charge is -2.41. The fraction of sp³-hybridized carbons (Fsp3) is 1.00. The van der Waals surface area contributed by atoms with E-state index in [2.05, 4.69) is 37.7 Å². The zero-order chi connectivity index (χ0) is 12.6. The maximum Gasteiger partial charge on any atom is 0.0746 e. The maximum absolute atomic E-state index is 10.4. The minimum Gasteiger partial charge on any atom is -0.391 e. The van der Waals surface area contributed by atoms with Crippen molar-refractivity contribution in [1.82, 2.24) is 9.80 Å². The smallest absolute Gasteiger partial charge is 0.0746 e. The Hall–Kier alpha value is -0.120. The first-order valence-electron chi connectivity index (χ1n) is 7.00. The normalized spacial score (nSPS) is 38.8. The molecule has 2 fully saturated rings. The number of hydrogen-bond acceptors (Lipinski definition) is 3. The van der Waals surface area contributed by atoms with Gasteiger partial charge in [-0.15, -0.1) is 0 Å². The van der Waals surface area contributed by atoms with Gasteiger partial charge >= 0.3 is 0 Å². The number of aliphatic hydroxyl groups is 1. The van der Waals surface area contributed by atoms with Gasteiger partial charge in [0.2, 0.25) is 0 Å². The lowest BCUT2D eigenvalue weighted by Crippen LogP contribution is -2.52. The molecular weight excluding hydrogens is 212 g/mol. The van der Waals surface area contributed by atoms with E-state index in [4.69, 9.17) is 0 Å². The molecule has 1 aliphatic carbocycles. The van der Waals surface area contributed by atoms with Crippen molar-refractivity contribution in [3.63, 3.8) is 0 Å². The van der Waals surface area contributed by atoms with Crippen LogP contribution in [0.5, 0.6) is 0 Å².